The van der Waals surface area contributed by atoms with Gasteiger partial charge in [-0.15, -0.1) is 11.3 Å². The maximum atomic E-state index is 11.5. The van der Waals surface area contributed by atoms with Crippen LogP contribution in [0.1, 0.15) is 15.5 Å². The fraction of sp³-hybridized carbons (Fsp3) is 0.250. The fourth-order valence-electron chi connectivity index (χ4n) is 1.26. The third kappa shape index (κ3) is 3.53. The minimum atomic E-state index is -0.422. The number of esters is 1. The fourth-order valence-corrected chi connectivity index (χ4v) is 1.84. The Labute approximate surface area is 108 Å². The molecule has 5 nitrogen and oxygen atoms in total. The maximum Gasteiger partial charge on any atom is 0.357 e. The number of carbonyl (C=O) groups is 1. The van der Waals surface area contributed by atoms with Crippen molar-refractivity contribution in [1.29, 1.82) is 0 Å². The molecule has 0 N–H and O–H groups in total. The van der Waals surface area contributed by atoms with Gasteiger partial charge in [-0.25, -0.2) is 9.78 Å². The van der Waals surface area contributed by atoms with Gasteiger partial charge in [-0.1, -0.05) is 0 Å². The van der Waals surface area contributed by atoms with Crippen LogP contribution in [0.2, 0.25) is 0 Å². The molecule has 2 rings (SSSR count). The molecule has 0 amide bonds. The van der Waals surface area contributed by atoms with E-state index >= 15 is 0 Å². The van der Waals surface area contributed by atoms with Gasteiger partial charge in [-0.2, -0.15) is 0 Å². The summed E-state index contributed by atoms with van der Waals surface area (Å²) >= 11 is 1.42. The summed E-state index contributed by atoms with van der Waals surface area (Å²) < 4.78 is 10.4. The van der Waals surface area contributed by atoms with Crippen molar-refractivity contribution in [2.24, 2.45) is 0 Å². The van der Waals surface area contributed by atoms with Crippen molar-refractivity contribution in [3.63, 3.8) is 0 Å². The summed E-state index contributed by atoms with van der Waals surface area (Å²) in [6, 6.07) is 3.57. The van der Waals surface area contributed by atoms with Crippen LogP contribution in [0, 0.1) is 6.92 Å². The van der Waals surface area contributed by atoms with Gasteiger partial charge >= 0.3 is 5.97 Å². The van der Waals surface area contributed by atoms with Crippen molar-refractivity contribution in [1.82, 2.24) is 9.97 Å². The molecule has 0 saturated carbocycles. The van der Waals surface area contributed by atoms with Gasteiger partial charge < -0.3 is 9.47 Å². The lowest BCUT2D eigenvalue weighted by Crippen LogP contribution is -2.12. The molecule has 2 heterocycles. The minimum absolute atomic E-state index is 0.185. The Morgan fingerprint density at radius 2 is 2.33 bits per heavy atom. The van der Waals surface area contributed by atoms with Crippen LogP contribution in [-0.4, -0.2) is 29.2 Å². The molecule has 0 atom stereocenters. The standard InChI is InChI=1S/C12H12N2O3S/c1-9-14-11(8-18-9)12(15)17-6-5-16-10-3-2-4-13-7-10/h2-4,7-8H,5-6H2,1H3. The van der Waals surface area contributed by atoms with E-state index in [9.17, 15) is 4.79 Å². The van der Waals surface area contributed by atoms with E-state index in [1.54, 1.807) is 29.9 Å². The maximum absolute atomic E-state index is 11.5. The molecule has 0 fully saturated rings. The number of hydrogen-bond acceptors (Lipinski definition) is 6. The van der Waals surface area contributed by atoms with Crippen LogP contribution in [0.4, 0.5) is 0 Å². The molecule has 0 spiro atoms. The number of aryl methyl sites for hydroxylation is 1. The summed E-state index contributed by atoms with van der Waals surface area (Å²) in [5.74, 6) is 0.229. The van der Waals surface area contributed by atoms with E-state index in [1.165, 1.54) is 11.3 Å². The average Bonchev–Trinajstić information content (AvgIpc) is 2.82. The second kappa shape index (κ2) is 6.11. The number of carbonyl (C=O) groups excluding carboxylic acids is 1. The summed E-state index contributed by atoms with van der Waals surface area (Å²) in [7, 11) is 0. The summed E-state index contributed by atoms with van der Waals surface area (Å²) in [4.78, 5) is 19.5. The highest BCUT2D eigenvalue weighted by atomic mass is 32.1. The number of nitrogens with zero attached hydrogens (tertiary/aromatic N) is 2. The molecule has 0 aliphatic rings. The van der Waals surface area contributed by atoms with Crippen LogP contribution in [0.3, 0.4) is 0 Å². The predicted octanol–water partition coefficient (Wildman–Crippen LogP) is 2.08. The van der Waals surface area contributed by atoms with E-state index in [-0.39, 0.29) is 6.61 Å². The van der Waals surface area contributed by atoms with Gasteiger partial charge in [0, 0.05) is 11.6 Å². The first-order chi connectivity index (χ1) is 8.75. The van der Waals surface area contributed by atoms with E-state index in [1.807, 2.05) is 6.92 Å². The van der Waals surface area contributed by atoms with Gasteiger partial charge in [0.25, 0.3) is 0 Å². The highest BCUT2D eigenvalue weighted by Crippen LogP contribution is 2.09. The molecular weight excluding hydrogens is 252 g/mol. The number of hydrogen-bond donors (Lipinski definition) is 0. The highest BCUT2D eigenvalue weighted by molar-refractivity contribution is 7.09. The Balaban J connectivity index is 1.71. The first-order valence-electron chi connectivity index (χ1n) is 5.38. The van der Waals surface area contributed by atoms with Gasteiger partial charge in [0.1, 0.15) is 19.0 Å². The Hall–Kier alpha value is -1.95. The van der Waals surface area contributed by atoms with E-state index in [0.29, 0.717) is 18.1 Å². The Bertz CT molecular complexity index is 513. The quantitative estimate of drug-likeness (QED) is 0.611. The number of ether oxygens (including phenoxy) is 2. The second-order valence-corrected chi connectivity index (χ2v) is 4.49. The molecule has 0 aliphatic carbocycles. The number of thiazole rings is 1. The molecule has 0 saturated heterocycles. The summed E-state index contributed by atoms with van der Waals surface area (Å²) in [6.07, 6.45) is 3.27. The normalized spacial score (nSPS) is 10.1. The summed E-state index contributed by atoms with van der Waals surface area (Å²) in [5, 5.41) is 2.52. The van der Waals surface area contributed by atoms with Gasteiger partial charge in [-0.05, 0) is 19.1 Å². The van der Waals surface area contributed by atoms with Crippen molar-refractivity contribution in [3.8, 4) is 5.75 Å². The lowest BCUT2D eigenvalue weighted by Gasteiger charge is -2.05. The third-order valence-electron chi connectivity index (χ3n) is 2.05. The molecule has 94 valence electrons. The molecule has 0 bridgehead atoms. The molecule has 0 aliphatic heterocycles. The molecule has 0 radical (unpaired) electrons. The van der Waals surface area contributed by atoms with Gasteiger partial charge in [-0.3, -0.25) is 4.98 Å². The van der Waals surface area contributed by atoms with Crippen molar-refractivity contribution in [2.45, 2.75) is 6.92 Å². The second-order valence-electron chi connectivity index (χ2n) is 3.42. The molecule has 2 aromatic rings. The van der Waals surface area contributed by atoms with E-state index < -0.39 is 5.97 Å². The Morgan fingerprint density at radius 3 is 3.00 bits per heavy atom. The first kappa shape index (κ1) is 12.5. The third-order valence-corrected chi connectivity index (χ3v) is 2.82. The van der Waals surface area contributed by atoms with Crippen LogP contribution in [-0.2, 0) is 4.74 Å². The van der Waals surface area contributed by atoms with Crippen molar-refractivity contribution < 1.29 is 14.3 Å². The number of rotatable bonds is 5. The zero-order chi connectivity index (χ0) is 12.8. The summed E-state index contributed by atoms with van der Waals surface area (Å²) in [6.45, 7) is 2.32. The van der Waals surface area contributed by atoms with Crippen molar-refractivity contribution in [2.75, 3.05) is 13.2 Å². The van der Waals surface area contributed by atoms with Crippen LogP contribution in [0.25, 0.3) is 0 Å². The lowest BCUT2D eigenvalue weighted by molar-refractivity contribution is 0.0444. The van der Waals surface area contributed by atoms with Gasteiger partial charge in [0.2, 0.25) is 0 Å². The highest BCUT2D eigenvalue weighted by Gasteiger charge is 2.10. The van der Waals surface area contributed by atoms with Crippen LogP contribution in [0.15, 0.2) is 29.9 Å². The Kier molecular flexibility index (Phi) is 4.25. The lowest BCUT2D eigenvalue weighted by atomic mass is 10.5. The molecule has 2 aromatic heterocycles. The predicted molar refractivity (Wildman–Crippen MR) is 66.9 cm³/mol. The number of pyridine rings is 1. The monoisotopic (exact) mass is 264 g/mol. The number of aromatic nitrogens is 2. The smallest absolute Gasteiger partial charge is 0.357 e. The molecule has 18 heavy (non-hydrogen) atoms. The molecule has 0 unspecified atom stereocenters. The van der Waals surface area contributed by atoms with E-state index in [2.05, 4.69) is 9.97 Å². The largest absolute Gasteiger partial charge is 0.488 e. The van der Waals surface area contributed by atoms with Crippen LogP contribution >= 0.6 is 11.3 Å². The average molecular weight is 264 g/mol. The topological polar surface area (TPSA) is 61.3 Å². The van der Waals surface area contributed by atoms with Gasteiger partial charge in [0.15, 0.2) is 5.69 Å². The van der Waals surface area contributed by atoms with Crippen LogP contribution < -0.4 is 4.74 Å². The molecule has 0 aromatic carbocycles. The Morgan fingerprint density at radius 1 is 1.44 bits per heavy atom. The zero-order valence-corrected chi connectivity index (χ0v) is 10.6. The zero-order valence-electron chi connectivity index (χ0n) is 9.83. The summed E-state index contributed by atoms with van der Waals surface area (Å²) in [5.41, 5.74) is 0.346. The van der Waals surface area contributed by atoms with E-state index in [4.69, 9.17) is 9.47 Å². The minimum Gasteiger partial charge on any atom is -0.488 e. The SMILES string of the molecule is Cc1nc(C(=O)OCCOc2cccnc2)cs1. The van der Waals surface area contributed by atoms with Crippen molar-refractivity contribution in [3.05, 3.63) is 40.6 Å². The molecular formula is C12H12N2O3S. The first-order valence-corrected chi connectivity index (χ1v) is 6.26. The van der Waals surface area contributed by atoms with Crippen LogP contribution in [0.5, 0.6) is 5.75 Å². The van der Waals surface area contributed by atoms with E-state index in [0.717, 1.165) is 5.01 Å². The van der Waals surface area contributed by atoms with Gasteiger partial charge in [0.05, 0.1) is 11.2 Å². The molecule has 6 heteroatoms. The van der Waals surface area contributed by atoms with Crippen molar-refractivity contribution >= 4 is 17.3 Å².